The Morgan fingerprint density at radius 1 is 1.31 bits per heavy atom. The molecule has 0 aliphatic rings. The Kier molecular flexibility index (Phi) is 5.74. The van der Waals surface area contributed by atoms with E-state index in [1.807, 2.05) is 6.92 Å². The number of carboxylic acid groups (broad SMARTS) is 1. The van der Waals surface area contributed by atoms with E-state index in [-0.39, 0.29) is 23.1 Å². The van der Waals surface area contributed by atoms with E-state index >= 15 is 0 Å². The summed E-state index contributed by atoms with van der Waals surface area (Å²) in [7, 11) is 3.19. The molecular formula is C11H19NO4. The molecule has 16 heavy (non-hydrogen) atoms. The molecule has 0 spiro atoms. The lowest BCUT2D eigenvalue weighted by Gasteiger charge is -2.24. The molecule has 0 saturated carbocycles. The Bertz CT molecular complexity index is 309. The molecule has 0 aromatic carbocycles. The van der Waals surface area contributed by atoms with Crippen molar-refractivity contribution in [3.8, 4) is 0 Å². The minimum Gasteiger partial charge on any atom is -0.478 e. The summed E-state index contributed by atoms with van der Waals surface area (Å²) in [6.45, 7) is 5.19. The largest absolute Gasteiger partial charge is 0.478 e. The van der Waals surface area contributed by atoms with Crippen molar-refractivity contribution in [2.24, 2.45) is 0 Å². The summed E-state index contributed by atoms with van der Waals surface area (Å²) >= 11 is 0. The topological polar surface area (TPSA) is 66.8 Å². The first-order valence-corrected chi connectivity index (χ1v) is 4.99. The number of likely N-dealkylation sites (N-methyl/N-ethyl adjacent to an activating group) is 1. The predicted octanol–water partition coefficient (Wildman–Crippen LogP) is 0.901. The fraction of sp³-hybridized carbons (Fsp3) is 0.636. The van der Waals surface area contributed by atoms with E-state index in [1.165, 1.54) is 18.7 Å². The van der Waals surface area contributed by atoms with Crippen LogP contribution in [-0.2, 0) is 14.3 Å². The third-order valence-electron chi connectivity index (χ3n) is 2.59. The van der Waals surface area contributed by atoms with Gasteiger partial charge < -0.3 is 14.7 Å². The highest BCUT2D eigenvalue weighted by atomic mass is 16.5. The first-order chi connectivity index (χ1) is 7.32. The van der Waals surface area contributed by atoms with E-state index in [0.29, 0.717) is 6.61 Å². The minimum absolute atomic E-state index is 0.0708. The minimum atomic E-state index is -1.07. The van der Waals surface area contributed by atoms with Crippen molar-refractivity contribution in [1.29, 1.82) is 0 Å². The highest BCUT2D eigenvalue weighted by Crippen LogP contribution is 2.09. The van der Waals surface area contributed by atoms with Gasteiger partial charge in [-0.25, -0.2) is 4.79 Å². The molecule has 0 rings (SSSR count). The van der Waals surface area contributed by atoms with Crippen molar-refractivity contribution >= 4 is 11.9 Å². The lowest BCUT2D eigenvalue weighted by molar-refractivity contribution is -0.134. The average Bonchev–Trinajstić information content (AvgIpc) is 2.25. The van der Waals surface area contributed by atoms with Gasteiger partial charge in [-0.1, -0.05) is 0 Å². The maximum absolute atomic E-state index is 11.9. The van der Waals surface area contributed by atoms with Crippen molar-refractivity contribution in [1.82, 2.24) is 4.90 Å². The zero-order chi connectivity index (χ0) is 12.9. The Morgan fingerprint density at radius 3 is 2.19 bits per heavy atom. The highest BCUT2D eigenvalue weighted by Gasteiger charge is 2.20. The Hall–Kier alpha value is -1.36. The fourth-order valence-corrected chi connectivity index (χ4v) is 1.14. The van der Waals surface area contributed by atoms with Gasteiger partial charge in [0.25, 0.3) is 0 Å². The molecule has 5 nitrogen and oxygen atoms in total. The van der Waals surface area contributed by atoms with Crippen LogP contribution in [0.3, 0.4) is 0 Å². The van der Waals surface area contributed by atoms with E-state index < -0.39 is 5.97 Å². The number of aliphatic carboxylic acids is 1. The van der Waals surface area contributed by atoms with E-state index in [2.05, 4.69) is 0 Å². The van der Waals surface area contributed by atoms with Crippen molar-refractivity contribution < 1.29 is 19.4 Å². The standard InChI is InChI=1S/C11H19NO4/c1-7(6-16-5)12(4)10(13)8(2)9(3)11(14)15/h7H,6H2,1-5H3,(H,14,15). The molecule has 5 heteroatoms. The summed E-state index contributed by atoms with van der Waals surface area (Å²) in [5.41, 5.74) is 0.319. The molecule has 1 unspecified atom stereocenters. The summed E-state index contributed by atoms with van der Waals surface area (Å²) in [6, 6.07) is -0.0888. The normalized spacial score (nSPS) is 14.1. The van der Waals surface area contributed by atoms with Gasteiger partial charge in [-0.15, -0.1) is 0 Å². The molecule has 1 atom stereocenters. The van der Waals surface area contributed by atoms with Crippen LogP contribution in [0.15, 0.2) is 11.1 Å². The van der Waals surface area contributed by atoms with E-state index in [4.69, 9.17) is 9.84 Å². The molecule has 92 valence electrons. The van der Waals surface area contributed by atoms with Crippen LogP contribution in [0.1, 0.15) is 20.8 Å². The third kappa shape index (κ3) is 3.66. The number of amides is 1. The van der Waals surface area contributed by atoms with Gasteiger partial charge in [0.15, 0.2) is 0 Å². The van der Waals surface area contributed by atoms with Crippen LogP contribution in [0, 0.1) is 0 Å². The average molecular weight is 229 g/mol. The summed E-state index contributed by atoms with van der Waals surface area (Å²) in [5.74, 6) is -1.36. The molecule has 0 fully saturated rings. The summed E-state index contributed by atoms with van der Waals surface area (Å²) in [6.07, 6.45) is 0. The molecule has 0 aromatic rings. The quantitative estimate of drug-likeness (QED) is 0.711. The molecular weight excluding hydrogens is 210 g/mol. The molecule has 0 aliphatic carbocycles. The first kappa shape index (κ1) is 14.6. The second-order valence-corrected chi connectivity index (χ2v) is 3.78. The van der Waals surface area contributed by atoms with Gasteiger partial charge in [0, 0.05) is 25.3 Å². The van der Waals surface area contributed by atoms with Crippen molar-refractivity contribution in [3.63, 3.8) is 0 Å². The van der Waals surface area contributed by atoms with Crippen LogP contribution >= 0.6 is 0 Å². The number of rotatable bonds is 5. The molecule has 1 N–H and O–H groups in total. The number of hydrogen-bond donors (Lipinski definition) is 1. The van der Waals surface area contributed by atoms with Crippen LogP contribution in [-0.4, -0.2) is 48.7 Å². The van der Waals surface area contributed by atoms with E-state index in [9.17, 15) is 9.59 Å². The van der Waals surface area contributed by atoms with Gasteiger partial charge in [0.1, 0.15) is 0 Å². The summed E-state index contributed by atoms with van der Waals surface area (Å²) < 4.78 is 4.94. The van der Waals surface area contributed by atoms with Crippen molar-refractivity contribution in [2.75, 3.05) is 20.8 Å². The number of carboxylic acids is 1. The Morgan fingerprint density at radius 2 is 1.81 bits per heavy atom. The lowest BCUT2D eigenvalue weighted by Crippen LogP contribution is -2.38. The van der Waals surface area contributed by atoms with Gasteiger partial charge in [0.2, 0.25) is 5.91 Å². The number of ether oxygens (including phenoxy) is 1. The van der Waals surface area contributed by atoms with Gasteiger partial charge in [-0.05, 0) is 20.8 Å². The van der Waals surface area contributed by atoms with Gasteiger partial charge in [0.05, 0.1) is 12.6 Å². The second-order valence-electron chi connectivity index (χ2n) is 3.78. The van der Waals surface area contributed by atoms with Crippen LogP contribution in [0.2, 0.25) is 0 Å². The van der Waals surface area contributed by atoms with Crippen LogP contribution < -0.4 is 0 Å². The Balaban J connectivity index is 4.80. The number of methoxy groups -OCH3 is 1. The molecule has 1 amide bonds. The molecule has 0 bridgehead atoms. The zero-order valence-corrected chi connectivity index (χ0v) is 10.4. The number of nitrogens with zero attached hydrogens (tertiary/aromatic N) is 1. The Labute approximate surface area is 95.7 Å². The van der Waals surface area contributed by atoms with Gasteiger partial charge in [-0.2, -0.15) is 0 Å². The van der Waals surface area contributed by atoms with Gasteiger partial charge in [-0.3, -0.25) is 4.79 Å². The maximum atomic E-state index is 11.9. The van der Waals surface area contributed by atoms with Gasteiger partial charge >= 0.3 is 5.97 Å². The second kappa shape index (κ2) is 6.27. The van der Waals surface area contributed by atoms with Crippen LogP contribution in [0.25, 0.3) is 0 Å². The number of carbonyl (C=O) groups is 2. The highest BCUT2D eigenvalue weighted by molar-refractivity contribution is 6.01. The molecule has 0 aliphatic heterocycles. The van der Waals surface area contributed by atoms with E-state index in [1.54, 1.807) is 14.2 Å². The van der Waals surface area contributed by atoms with Crippen molar-refractivity contribution in [2.45, 2.75) is 26.8 Å². The third-order valence-corrected chi connectivity index (χ3v) is 2.59. The fourth-order valence-electron chi connectivity index (χ4n) is 1.14. The maximum Gasteiger partial charge on any atom is 0.331 e. The lowest BCUT2D eigenvalue weighted by atomic mass is 10.1. The molecule has 0 aromatic heterocycles. The summed E-state index contributed by atoms with van der Waals surface area (Å²) in [5, 5.41) is 8.77. The first-order valence-electron chi connectivity index (χ1n) is 4.99. The predicted molar refractivity (Wildman–Crippen MR) is 60.1 cm³/mol. The zero-order valence-electron chi connectivity index (χ0n) is 10.4. The van der Waals surface area contributed by atoms with Crippen LogP contribution in [0.5, 0.6) is 0 Å². The number of hydrogen-bond acceptors (Lipinski definition) is 3. The number of carbonyl (C=O) groups excluding carboxylic acids is 1. The molecule has 0 heterocycles. The SMILES string of the molecule is COCC(C)N(C)C(=O)C(C)=C(C)C(=O)O. The molecule has 0 radical (unpaired) electrons. The smallest absolute Gasteiger partial charge is 0.331 e. The summed E-state index contributed by atoms with van der Waals surface area (Å²) in [4.78, 5) is 24.0. The molecule has 0 saturated heterocycles. The van der Waals surface area contributed by atoms with E-state index in [0.717, 1.165) is 0 Å². The monoisotopic (exact) mass is 229 g/mol. The van der Waals surface area contributed by atoms with Crippen molar-refractivity contribution in [3.05, 3.63) is 11.1 Å². The van der Waals surface area contributed by atoms with Crippen LogP contribution in [0.4, 0.5) is 0 Å².